The molecule has 0 aliphatic carbocycles. The molecule has 5 rings (SSSR count). The normalized spacial score (nSPS) is 13.6. The standard InChI is InChI=1S/C18H16N6OS/c1-23-13-5-3-2-4-10(13)8-11(17(23)25)9-24-15-14-12(22-24)6-7-26-16(14)21-18(19)20-15/h2-5,8H,6-7,9H2,1H3,(H2,19,20,21). The topological polar surface area (TPSA) is 91.6 Å². The van der Waals surface area contributed by atoms with Crippen LogP contribution in [-0.4, -0.2) is 30.1 Å². The van der Waals surface area contributed by atoms with Crippen LogP contribution < -0.4 is 11.3 Å². The van der Waals surface area contributed by atoms with Crippen LogP contribution >= 0.6 is 11.8 Å². The number of nitrogens with two attached hydrogens (primary N) is 1. The monoisotopic (exact) mass is 364 g/mol. The van der Waals surface area contributed by atoms with E-state index in [2.05, 4.69) is 9.97 Å². The van der Waals surface area contributed by atoms with Gasteiger partial charge in [0.1, 0.15) is 5.03 Å². The third-order valence-electron chi connectivity index (χ3n) is 4.75. The minimum Gasteiger partial charge on any atom is -0.368 e. The van der Waals surface area contributed by atoms with Crippen LogP contribution in [0.2, 0.25) is 0 Å². The molecule has 4 heterocycles. The lowest BCUT2D eigenvalue weighted by atomic mass is 10.1. The summed E-state index contributed by atoms with van der Waals surface area (Å²) in [6.07, 6.45) is 0.865. The Morgan fingerprint density at radius 1 is 1.27 bits per heavy atom. The zero-order valence-corrected chi connectivity index (χ0v) is 15.0. The average molecular weight is 364 g/mol. The fourth-order valence-electron chi connectivity index (χ4n) is 3.53. The molecular formula is C18H16N6OS. The fourth-order valence-corrected chi connectivity index (χ4v) is 4.53. The highest BCUT2D eigenvalue weighted by Gasteiger charge is 2.22. The van der Waals surface area contributed by atoms with E-state index in [9.17, 15) is 4.79 Å². The van der Waals surface area contributed by atoms with Gasteiger partial charge in [-0.3, -0.25) is 4.79 Å². The Balaban J connectivity index is 1.71. The third kappa shape index (κ3) is 2.22. The molecule has 26 heavy (non-hydrogen) atoms. The Morgan fingerprint density at radius 3 is 3.00 bits per heavy atom. The molecule has 0 atom stereocenters. The number of fused-ring (bicyclic) bond motifs is 1. The molecule has 0 spiro atoms. The summed E-state index contributed by atoms with van der Waals surface area (Å²) in [6, 6.07) is 9.79. The predicted molar refractivity (Wildman–Crippen MR) is 102 cm³/mol. The maximum absolute atomic E-state index is 12.8. The van der Waals surface area contributed by atoms with E-state index in [1.54, 1.807) is 28.1 Å². The van der Waals surface area contributed by atoms with E-state index in [4.69, 9.17) is 10.8 Å². The maximum Gasteiger partial charge on any atom is 0.255 e. The van der Waals surface area contributed by atoms with Crippen molar-refractivity contribution < 1.29 is 0 Å². The molecule has 0 saturated heterocycles. The van der Waals surface area contributed by atoms with Gasteiger partial charge in [-0.1, -0.05) is 18.2 Å². The Kier molecular flexibility index (Phi) is 3.30. The molecule has 2 N–H and O–H groups in total. The van der Waals surface area contributed by atoms with Crippen molar-refractivity contribution in [2.45, 2.75) is 18.0 Å². The summed E-state index contributed by atoms with van der Waals surface area (Å²) in [5, 5.41) is 7.58. The van der Waals surface area contributed by atoms with Crippen LogP contribution in [0.15, 0.2) is 40.2 Å². The van der Waals surface area contributed by atoms with Crippen LogP contribution in [0.4, 0.5) is 5.95 Å². The molecule has 0 fully saturated rings. The first-order valence-electron chi connectivity index (χ1n) is 8.35. The first-order chi connectivity index (χ1) is 12.6. The Morgan fingerprint density at radius 2 is 2.12 bits per heavy atom. The maximum atomic E-state index is 12.8. The highest BCUT2D eigenvalue weighted by Crippen LogP contribution is 2.34. The van der Waals surface area contributed by atoms with Crippen LogP contribution in [0.25, 0.3) is 21.9 Å². The van der Waals surface area contributed by atoms with Crippen LogP contribution in [0, 0.1) is 0 Å². The zero-order valence-electron chi connectivity index (χ0n) is 14.1. The largest absolute Gasteiger partial charge is 0.368 e. The predicted octanol–water partition coefficient (Wildman–Crippen LogP) is 1.96. The van der Waals surface area contributed by atoms with E-state index in [-0.39, 0.29) is 11.5 Å². The van der Waals surface area contributed by atoms with Crippen molar-refractivity contribution in [3.05, 3.63) is 51.9 Å². The van der Waals surface area contributed by atoms with Crippen LogP contribution in [-0.2, 0) is 20.0 Å². The molecule has 1 aromatic carbocycles. The van der Waals surface area contributed by atoms with Gasteiger partial charge in [0.05, 0.1) is 23.1 Å². The van der Waals surface area contributed by atoms with Crippen molar-refractivity contribution in [1.82, 2.24) is 24.3 Å². The van der Waals surface area contributed by atoms with E-state index in [1.165, 1.54) is 0 Å². The van der Waals surface area contributed by atoms with Gasteiger partial charge in [-0.05, 0) is 17.5 Å². The number of hydrogen-bond acceptors (Lipinski definition) is 6. The van der Waals surface area contributed by atoms with Crippen LogP contribution in [0.1, 0.15) is 11.3 Å². The number of para-hydroxylation sites is 1. The Hall–Kier alpha value is -2.87. The van der Waals surface area contributed by atoms with Gasteiger partial charge < -0.3 is 10.3 Å². The quantitative estimate of drug-likeness (QED) is 0.547. The summed E-state index contributed by atoms with van der Waals surface area (Å²) in [7, 11) is 1.80. The van der Waals surface area contributed by atoms with Crippen LogP contribution in [0.3, 0.4) is 0 Å². The van der Waals surface area contributed by atoms with Crippen molar-refractivity contribution in [2.24, 2.45) is 7.05 Å². The van der Waals surface area contributed by atoms with Gasteiger partial charge in [0.15, 0.2) is 5.65 Å². The summed E-state index contributed by atoms with van der Waals surface area (Å²) >= 11 is 1.67. The van der Waals surface area contributed by atoms with E-state index in [0.29, 0.717) is 17.8 Å². The van der Waals surface area contributed by atoms with Crippen molar-refractivity contribution in [3.8, 4) is 0 Å². The lowest BCUT2D eigenvalue weighted by molar-refractivity contribution is 0.678. The molecule has 130 valence electrons. The van der Waals surface area contributed by atoms with E-state index >= 15 is 0 Å². The zero-order chi connectivity index (χ0) is 17.8. The van der Waals surface area contributed by atoms with Crippen molar-refractivity contribution in [1.29, 1.82) is 0 Å². The Labute approximate surface area is 152 Å². The molecule has 4 aromatic rings. The number of thioether (sulfide) groups is 1. The number of anilines is 1. The summed E-state index contributed by atoms with van der Waals surface area (Å²) in [6.45, 7) is 0.356. The lowest BCUT2D eigenvalue weighted by Gasteiger charge is -2.10. The average Bonchev–Trinajstić information content (AvgIpc) is 2.98. The molecule has 8 heteroatoms. The number of nitrogen functional groups attached to an aromatic ring is 1. The van der Waals surface area contributed by atoms with E-state index < -0.39 is 0 Å². The summed E-state index contributed by atoms with van der Waals surface area (Å²) in [4.78, 5) is 21.5. The van der Waals surface area contributed by atoms with Gasteiger partial charge in [-0.2, -0.15) is 10.1 Å². The second-order valence-corrected chi connectivity index (χ2v) is 7.46. The molecule has 1 aliphatic heterocycles. The van der Waals surface area contributed by atoms with Gasteiger partial charge in [-0.25, -0.2) is 9.67 Å². The first-order valence-corrected chi connectivity index (χ1v) is 9.34. The summed E-state index contributed by atoms with van der Waals surface area (Å²) < 4.78 is 3.46. The first kappa shape index (κ1) is 15.4. The van der Waals surface area contributed by atoms with E-state index in [0.717, 1.165) is 39.2 Å². The van der Waals surface area contributed by atoms with Crippen molar-refractivity contribution in [2.75, 3.05) is 11.5 Å². The van der Waals surface area contributed by atoms with Gasteiger partial charge in [-0.15, -0.1) is 11.8 Å². The number of pyridine rings is 1. The number of nitrogens with zero attached hydrogens (tertiary/aromatic N) is 5. The molecule has 0 radical (unpaired) electrons. The third-order valence-corrected chi connectivity index (χ3v) is 5.73. The second-order valence-electron chi connectivity index (χ2n) is 6.38. The molecule has 1 aliphatic rings. The molecule has 0 unspecified atom stereocenters. The van der Waals surface area contributed by atoms with E-state index in [1.807, 2.05) is 30.3 Å². The number of hydrogen-bond donors (Lipinski definition) is 1. The molecule has 0 bridgehead atoms. The molecular weight excluding hydrogens is 348 g/mol. The smallest absolute Gasteiger partial charge is 0.255 e. The minimum absolute atomic E-state index is 0.0274. The summed E-state index contributed by atoms with van der Waals surface area (Å²) in [5.74, 6) is 1.16. The second kappa shape index (κ2) is 5.57. The lowest BCUT2D eigenvalue weighted by Crippen LogP contribution is -2.23. The minimum atomic E-state index is -0.0274. The van der Waals surface area contributed by atoms with Gasteiger partial charge in [0, 0.05) is 24.8 Å². The Bertz CT molecular complexity index is 1240. The highest BCUT2D eigenvalue weighted by molar-refractivity contribution is 7.99. The number of aromatic nitrogens is 5. The van der Waals surface area contributed by atoms with Gasteiger partial charge in [0.2, 0.25) is 5.95 Å². The summed E-state index contributed by atoms with van der Waals surface area (Å²) in [5.41, 5.74) is 9.12. The molecule has 0 saturated carbocycles. The van der Waals surface area contributed by atoms with Crippen LogP contribution in [0.5, 0.6) is 0 Å². The molecule has 7 nitrogen and oxygen atoms in total. The molecule has 0 amide bonds. The SMILES string of the molecule is Cn1c(=O)c(Cn2nc3c4c(nc(N)nc42)SCC3)cc2ccccc21. The van der Waals surface area contributed by atoms with Crippen molar-refractivity contribution in [3.63, 3.8) is 0 Å². The van der Waals surface area contributed by atoms with Gasteiger partial charge in [0.25, 0.3) is 5.56 Å². The van der Waals surface area contributed by atoms with Gasteiger partial charge >= 0.3 is 0 Å². The molecule has 3 aromatic heterocycles. The number of aryl methyl sites for hydroxylation is 2. The highest BCUT2D eigenvalue weighted by atomic mass is 32.2. The van der Waals surface area contributed by atoms with Crippen molar-refractivity contribution >= 4 is 39.6 Å². The fraction of sp³-hybridized carbons (Fsp3) is 0.222. The number of benzene rings is 1. The number of rotatable bonds is 2.